The van der Waals surface area contributed by atoms with Crippen molar-refractivity contribution in [3.8, 4) is 0 Å². The second kappa shape index (κ2) is 5.07. The third-order valence-electron chi connectivity index (χ3n) is 4.67. The van der Waals surface area contributed by atoms with Gasteiger partial charge in [-0.1, -0.05) is 13.8 Å². The maximum atomic E-state index is 11.6. The van der Waals surface area contributed by atoms with Crippen LogP contribution in [0.1, 0.15) is 63.7 Å². The van der Waals surface area contributed by atoms with Gasteiger partial charge in [0.15, 0.2) is 5.03 Å². The highest BCUT2D eigenvalue weighted by Crippen LogP contribution is 2.46. The van der Waals surface area contributed by atoms with Crippen LogP contribution in [0.4, 0.5) is 0 Å². The average Bonchev–Trinajstić information content (AvgIpc) is 2.82. The molecule has 1 unspecified atom stereocenters. The number of imidazole rings is 1. The highest BCUT2D eigenvalue weighted by Gasteiger charge is 2.43. The number of nitrogens with zero attached hydrogens (tertiary/aromatic N) is 2. The van der Waals surface area contributed by atoms with Gasteiger partial charge in [-0.3, -0.25) is 0 Å². The molecule has 2 N–H and O–H groups in total. The van der Waals surface area contributed by atoms with Crippen molar-refractivity contribution in [1.82, 2.24) is 9.55 Å². The molecular formula is C14H23N3O3S. The van der Waals surface area contributed by atoms with E-state index in [1.165, 1.54) is 6.42 Å². The summed E-state index contributed by atoms with van der Waals surface area (Å²) in [6.07, 6.45) is 6.87. The lowest BCUT2D eigenvalue weighted by atomic mass is 9.74. The van der Waals surface area contributed by atoms with Gasteiger partial charge >= 0.3 is 0 Å². The molecule has 0 aromatic carbocycles. The van der Waals surface area contributed by atoms with Gasteiger partial charge in [0.2, 0.25) is 0 Å². The maximum Gasteiger partial charge on any atom is 0.257 e. The van der Waals surface area contributed by atoms with E-state index in [1.54, 1.807) is 6.20 Å². The van der Waals surface area contributed by atoms with Crippen molar-refractivity contribution >= 4 is 10.0 Å². The van der Waals surface area contributed by atoms with E-state index in [4.69, 9.17) is 9.88 Å². The van der Waals surface area contributed by atoms with Gasteiger partial charge in [-0.15, -0.1) is 0 Å². The van der Waals surface area contributed by atoms with Gasteiger partial charge in [-0.05, 0) is 32.1 Å². The van der Waals surface area contributed by atoms with E-state index in [1.807, 2.05) is 18.4 Å². The van der Waals surface area contributed by atoms with Crippen molar-refractivity contribution in [1.29, 1.82) is 0 Å². The number of primary sulfonamides is 1. The Morgan fingerprint density at radius 1 is 1.48 bits per heavy atom. The van der Waals surface area contributed by atoms with Crippen LogP contribution in [0, 0.1) is 0 Å². The molecule has 7 heteroatoms. The van der Waals surface area contributed by atoms with E-state index in [9.17, 15) is 8.42 Å². The summed E-state index contributed by atoms with van der Waals surface area (Å²) in [5, 5.41) is 5.20. The molecule has 6 nitrogen and oxygen atoms in total. The highest BCUT2D eigenvalue weighted by molar-refractivity contribution is 7.89. The lowest BCUT2D eigenvalue weighted by Gasteiger charge is -2.47. The first kappa shape index (κ1) is 15.0. The summed E-state index contributed by atoms with van der Waals surface area (Å²) in [6, 6.07) is 0.249. The predicted octanol–water partition coefficient (Wildman–Crippen LogP) is 1.93. The van der Waals surface area contributed by atoms with E-state index >= 15 is 0 Å². The van der Waals surface area contributed by atoms with Crippen LogP contribution in [-0.2, 0) is 14.8 Å². The molecule has 0 radical (unpaired) electrons. The Kier molecular flexibility index (Phi) is 3.62. The topological polar surface area (TPSA) is 87.2 Å². The first-order valence-corrected chi connectivity index (χ1v) is 9.11. The van der Waals surface area contributed by atoms with Gasteiger partial charge in [-0.25, -0.2) is 18.5 Å². The molecule has 21 heavy (non-hydrogen) atoms. The van der Waals surface area contributed by atoms with Crippen molar-refractivity contribution in [2.24, 2.45) is 5.14 Å². The molecule has 1 spiro atoms. The Morgan fingerprint density at radius 3 is 2.71 bits per heavy atom. The van der Waals surface area contributed by atoms with E-state index in [0.717, 1.165) is 38.1 Å². The third-order valence-corrected chi connectivity index (χ3v) is 5.45. The number of hydrogen-bond donors (Lipinski definition) is 1. The van der Waals surface area contributed by atoms with Crippen LogP contribution in [0.3, 0.4) is 0 Å². The maximum absolute atomic E-state index is 11.6. The average molecular weight is 313 g/mol. The molecule has 1 atom stereocenters. The molecular weight excluding hydrogens is 290 g/mol. The molecule has 2 heterocycles. The van der Waals surface area contributed by atoms with Gasteiger partial charge in [0, 0.05) is 24.8 Å². The van der Waals surface area contributed by atoms with E-state index in [2.05, 4.69) is 4.98 Å². The molecule has 1 aliphatic carbocycles. The van der Waals surface area contributed by atoms with Gasteiger partial charge in [0.25, 0.3) is 10.0 Å². The first-order valence-electron chi connectivity index (χ1n) is 7.56. The number of sulfonamides is 1. The summed E-state index contributed by atoms with van der Waals surface area (Å²) in [4.78, 5) is 4.26. The smallest absolute Gasteiger partial charge is 0.257 e. The van der Waals surface area contributed by atoms with Crippen LogP contribution in [0.5, 0.6) is 0 Å². The van der Waals surface area contributed by atoms with Crippen LogP contribution in [0.2, 0.25) is 0 Å². The van der Waals surface area contributed by atoms with Crippen LogP contribution >= 0.6 is 0 Å². The van der Waals surface area contributed by atoms with Crippen LogP contribution in [0.25, 0.3) is 0 Å². The Bertz CT molecular complexity index is 632. The molecule has 1 saturated heterocycles. The lowest BCUT2D eigenvalue weighted by molar-refractivity contribution is -0.140. The lowest BCUT2D eigenvalue weighted by Crippen LogP contribution is -2.46. The number of nitrogens with two attached hydrogens (primary N) is 1. The second-order valence-corrected chi connectivity index (χ2v) is 8.08. The fourth-order valence-corrected chi connectivity index (χ4v) is 3.88. The minimum Gasteiger partial charge on any atom is -0.375 e. The molecule has 0 amide bonds. The third kappa shape index (κ3) is 2.74. The molecule has 1 aliphatic heterocycles. The minimum absolute atomic E-state index is 0.0171. The fourth-order valence-electron chi connectivity index (χ4n) is 3.40. The normalized spacial score (nSPS) is 25.2. The van der Waals surface area contributed by atoms with E-state index < -0.39 is 10.0 Å². The van der Waals surface area contributed by atoms with Gasteiger partial charge < -0.3 is 9.30 Å². The Labute approximate surface area is 125 Å². The van der Waals surface area contributed by atoms with Crippen molar-refractivity contribution in [2.45, 2.75) is 68.5 Å². The van der Waals surface area contributed by atoms with Crippen molar-refractivity contribution in [2.75, 3.05) is 6.61 Å². The molecule has 3 rings (SSSR count). The number of hydrogen-bond acceptors (Lipinski definition) is 4. The van der Waals surface area contributed by atoms with E-state index in [0.29, 0.717) is 0 Å². The molecule has 2 aliphatic rings. The molecule has 118 valence electrons. The number of ether oxygens (including phenoxy) is 1. The largest absolute Gasteiger partial charge is 0.375 e. The van der Waals surface area contributed by atoms with Crippen LogP contribution in [0.15, 0.2) is 11.2 Å². The molecule has 2 fully saturated rings. The number of rotatable bonds is 3. The summed E-state index contributed by atoms with van der Waals surface area (Å²) in [6.45, 7) is 4.76. The monoisotopic (exact) mass is 313 g/mol. The van der Waals surface area contributed by atoms with Gasteiger partial charge in [-0.2, -0.15) is 0 Å². The minimum atomic E-state index is -3.76. The van der Waals surface area contributed by atoms with Gasteiger partial charge in [0.05, 0.1) is 5.60 Å². The summed E-state index contributed by atoms with van der Waals surface area (Å²) < 4.78 is 31.1. The molecule has 1 aromatic heterocycles. The standard InChI is InChI=1S/C14H23N3O3S/c1-10(2)13-16-12(21(15,18)19)9-17(13)11-4-7-20-14(8-11)5-3-6-14/h9-11H,3-8H2,1-2H3,(H2,15,18,19). The van der Waals surface area contributed by atoms with Gasteiger partial charge in [0.1, 0.15) is 5.82 Å². The Balaban J connectivity index is 1.95. The van der Waals surface area contributed by atoms with Crippen LogP contribution in [-0.4, -0.2) is 30.2 Å². The zero-order valence-corrected chi connectivity index (χ0v) is 13.4. The molecule has 0 bridgehead atoms. The summed E-state index contributed by atoms with van der Waals surface area (Å²) in [7, 11) is -3.76. The number of aromatic nitrogens is 2. The Hall–Kier alpha value is -0.920. The molecule has 1 aromatic rings. The first-order chi connectivity index (χ1) is 9.81. The highest BCUT2D eigenvalue weighted by atomic mass is 32.2. The Morgan fingerprint density at radius 2 is 2.19 bits per heavy atom. The SMILES string of the molecule is CC(C)c1nc(S(N)(=O)=O)cn1C1CCOC2(CCC2)C1. The predicted molar refractivity (Wildman–Crippen MR) is 78.5 cm³/mol. The zero-order valence-electron chi connectivity index (χ0n) is 12.6. The van der Waals surface area contributed by atoms with E-state index in [-0.39, 0.29) is 22.6 Å². The zero-order chi connectivity index (χ0) is 15.3. The fraction of sp³-hybridized carbons (Fsp3) is 0.786. The van der Waals surface area contributed by atoms with Crippen LogP contribution < -0.4 is 5.14 Å². The van der Waals surface area contributed by atoms with Crippen molar-refractivity contribution < 1.29 is 13.2 Å². The second-order valence-electron chi connectivity index (χ2n) is 6.58. The summed E-state index contributed by atoms with van der Waals surface area (Å²) >= 11 is 0. The quantitative estimate of drug-likeness (QED) is 0.923. The van der Waals surface area contributed by atoms with Crippen molar-refractivity contribution in [3.05, 3.63) is 12.0 Å². The van der Waals surface area contributed by atoms with Crippen molar-refractivity contribution in [3.63, 3.8) is 0 Å². The summed E-state index contributed by atoms with van der Waals surface area (Å²) in [5.74, 6) is 0.945. The molecule has 1 saturated carbocycles. The summed E-state index contributed by atoms with van der Waals surface area (Å²) in [5.41, 5.74) is 0.0171.